The number of carbonyl (C=O) groups excluding carboxylic acids is 2. The molecule has 2 aliphatic carbocycles. The monoisotopic (exact) mass is 431 g/mol. The Labute approximate surface area is 180 Å². The second-order valence-electron chi connectivity index (χ2n) is 8.72. The van der Waals surface area contributed by atoms with Crippen molar-refractivity contribution in [1.82, 2.24) is 4.57 Å². The molecular weight excluding hydrogens is 404 g/mol. The summed E-state index contributed by atoms with van der Waals surface area (Å²) >= 11 is 0. The molecule has 166 valence electrons. The average Bonchev–Trinajstić information content (AvgIpc) is 3.41. The molecule has 4 rings (SSSR count). The Kier molecular flexibility index (Phi) is 6.12. The number of aryl methyl sites for hydroxylation is 1. The van der Waals surface area contributed by atoms with Crippen LogP contribution < -0.4 is 4.74 Å². The van der Waals surface area contributed by atoms with Gasteiger partial charge in [0.2, 0.25) is 5.78 Å². The van der Waals surface area contributed by atoms with E-state index in [-0.39, 0.29) is 24.1 Å². The maximum absolute atomic E-state index is 12.7. The Morgan fingerprint density at radius 3 is 2.48 bits per heavy atom. The molecule has 0 saturated heterocycles. The summed E-state index contributed by atoms with van der Waals surface area (Å²) in [6, 6.07) is 7.98. The number of nitrogens with zero attached hydrogens (tertiary/aromatic N) is 1. The molecule has 1 aromatic carbocycles. The summed E-state index contributed by atoms with van der Waals surface area (Å²) in [5.74, 6) is 1.34. The normalized spacial score (nSPS) is 22.2. The lowest BCUT2D eigenvalue weighted by Gasteiger charge is -2.20. The summed E-state index contributed by atoms with van der Waals surface area (Å²) in [6.45, 7) is 0.511. The van der Waals surface area contributed by atoms with E-state index in [0.29, 0.717) is 29.5 Å². The van der Waals surface area contributed by atoms with Gasteiger partial charge in [-0.3, -0.25) is 9.59 Å². The fourth-order valence-electron chi connectivity index (χ4n) is 5.34. The van der Waals surface area contributed by atoms with Crippen molar-refractivity contribution < 1.29 is 27.8 Å². The highest BCUT2D eigenvalue weighted by Crippen LogP contribution is 2.49. The Morgan fingerprint density at radius 1 is 1.13 bits per heavy atom. The van der Waals surface area contributed by atoms with E-state index in [1.807, 2.05) is 11.5 Å². The molecule has 3 unspecified atom stereocenters. The van der Waals surface area contributed by atoms with E-state index in [1.165, 1.54) is 31.4 Å². The van der Waals surface area contributed by atoms with Crippen LogP contribution in [0.4, 0.5) is 8.78 Å². The van der Waals surface area contributed by atoms with E-state index in [0.717, 1.165) is 23.7 Å². The van der Waals surface area contributed by atoms with Gasteiger partial charge in [-0.15, -0.1) is 0 Å². The largest absolute Gasteiger partial charge is 0.457 e. The van der Waals surface area contributed by atoms with Crippen molar-refractivity contribution in [2.24, 2.45) is 17.8 Å². The Balaban J connectivity index is 1.38. The molecule has 7 heteroatoms. The maximum Gasteiger partial charge on any atom is 0.387 e. The minimum absolute atomic E-state index is 0.0694. The summed E-state index contributed by atoms with van der Waals surface area (Å²) in [6.07, 6.45) is 5.24. The van der Waals surface area contributed by atoms with Crippen LogP contribution in [0.3, 0.4) is 0 Å². The fraction of sp³-hybridized carbons (Fsp3) is 0.500. The minimum atomic E-state index is -2.88. The van der Waals surface area contributed by atoms with Crippen LogP contribution in [-0.4, -0.2) is 29.5 Å². The molecule has 3 atom stereocenters. The number of Topliss-reactive ketones (excluding diaryl/α,β-unsaturated/α-hetero) is 1. The first kappa shape index (κ1) is 21.5. The second-order valence-corrected chi connectivity index (χ2v) is 8.72. The molecule has 2 aromatic rings. The van der Waals surface area contributed by atoms with E-state index in [4.69, 9.17) is 4.74 Å². The summed E-state index contributed by atoms with van der Waals surface area (Å²) in [7, 11) is 0. The number of ketones is 1. The third-order valence-corrected chi connectivity index (χ3v) is 6.73. The van der Waals surface area contributed by atoms with Gasteiger partial charge in [0, 0.05) is 29.1 Å². The third-order valence-electron chi connectivity index (χ3n) is 6.73. The molecule has 5 nitrogen and oxygen atoms in total. The Bertz CT molecular complexity index is 967. The highest BCUT2D eigenvalue weighted by Gasteiger charge is 2.40. The van der Waals surface area contributed by atoms with Gasteiger partial charge in [0.15, 0.2) is 6.61 Å². The van der Waals surface area contributed by atoms with Crippen molar-refractivity contribution in [3.63, 3.8) is 0 Å². The van der Waals surface area contributed by atoms with Gasteiger partial charge in [-0.25, -0.2) is 0 Å². The Hall–Kier alpha value is -2.70. The van der Waals surface area contributed by atoms with Crippen molar-refractivity contribution in [2.45, 2.75) is 52.6 Å². The number of aromatic nitrogens is 1. The number of fused-ring (bicyclic) bond motifs is 2. The lowest BCUT2D eigenvalue weighted by molar-refractivity contribution is -0.144. The topological polar surface area (TPSA) is 57.5 Å². The predicted molar refractivity (Wildman–Crippen MR) is 111 cm³/mol. The molecule has 0 radical (unpaired) electrons. The standard InChI is InChI=1S/C24H27F2NO4/c1-14-9-21(15(2)27(14)19-5-7-20(8-6-19)31-24(25)26)22(28)13-30-23(29)12-18-11-16-3-4-17(18)10-16/h5-9,16-18,24H,3-4,10-13H2,1-2H3. The number of ether oxygens (including phenoxy) is 2. The van der Waals surface area contributed by atoms with Crippen molar-refractivity contribution >= 4 is 11.8 Å². The van der Waals surface area contributed by atoms with Gasteiger partial charge in [-0.05, 0) is 81.2 Å². The zero-order chi connectivity index (χ0) is 22.1. The van der Waals surface area contributed by atoms with Crippen LogP contribution in [0.2, 0.25) is 0 Å². The van der Waals surface area contributed by atoms with Gasteiger partial charge in [-0.1, -0.05) is 6.42 Å². The number of alkyl halides is 2. The number of hydrogen-bond donors (Lipinski definition) is 0. The van der Waals surface area contributed by atoms with Gasteiger partial charge in [0.1, 0.15) is 5.75 Å². The van der Waals surface area contributed by atoms with Crippen LogP contribution in [-0.2, 0) is 9.53 Å². The molecule has 2 saturated carbocycles. The van der Waals surface area contributed by atoms with E-state index < -0.39 is 6.61 Å². The first-order chi connectivity index (χ1) is 14.8. The van der Waals surface area contributed by atoms with Crippen LogP contribution in [0.1, 0.15) is 53.8 Å². The molecular formula is C24H27F2NO4. The average molecular weight is 431 g/mol. The molecule has 0 amide bonds. The minimum Gasteiger partial charge on any atom is -0.457 e. The summed E-state index contributed by atoms with van der Waals surface area (Å²) in [4.78, 5) is 25.0. The van der Waals surface area contributed by atoms with Crippen molar-refractivity contribution in [2.75, 3.05) is 6.61 Å². The molecule has 2 fully saturated rings. The second kappa shape index (κ2) is 8.81. The van der Waals surface area contributed by atoms with Gasteiger partial charge >= 0.3 is 12.6 Å². The highest BCUT2D eigenvalue weighted by molar-refractivity contribution is 5.99. The smallest absolute Gasteiger partial charge is 0.387 e. The Morgan fingerprint density at radius 2 is 1.87 bits per heavy atom. The van der Waals surface area contributed by atoms with E-state index in [2.05, 4.69) is 4.74 Å². The van der Waals surface area contributed by atoms with Crippen molar-refractivity contribution in [3.8, 4) is 11.4 Å². The highest BCUT2D eigenvalue weighted by atomic mass is 19.3. The van der Waals surface area contributed by atoms with Gasteiger partial charge in [-0.2, -0.15) is 8.78 Å². The first-order valence-corrected chi connectivity index (χ1v) is 10.7. The van der Waals surface area contributed by atoms with Crippen molar-refractivity contribution in [3.05, 3.63) is 47.3 Å². The van der Waals surface area contributed by atoms with Gasteiger partial charge in [0.05, 0.1) is 0 Å². The van der Waals surface area contributed by atoms with Crippen molar-refractivity contribution in [1.29, 1.82) is 0 Å². The number of rotatable bonds is 8. The summed E-state index contributed by atoms with van der Waals surface area (Å²) in [5.41, 5.74) is 2.73. The molecule has 0 aliphatic heterocycles. The first-order valence-electron chi connectivity index (χ1n) is 10.7. The summed E-state index contributed by atoms with van der Waals surface area (Å²) in [5, 5.41) is 0. The molecule has 31 heavy (non-hydrogen) atoms. The number of benzene rings is 1. The van der Waals surface area contributed by atoms with E-state index in [9.17, 15) is 18.4 Å². The molecule has 2 bridgehead atoms. The molecule has 1 heterocycles. The molecule has 2 aliphatic rings. The zero-order valence-electron chi connectivity index (χ0n) is 17.8. The van der Waals surface area contributed by atoms with Crippen LogP contribution in [0, 0.1) is 31.6 Å². The van der Waals surface area contributed by atoms with Crippen LogP contribution in [0.5, 0.6) is 5.75 Å². The number of halogens is 2. The van der Waals surface area contributed by atoms with Gasteiger partial charge < -0.3 is 14.0 Å². The van der Waals surface area contributed by atoms with Crippen LogP contribution in [0.15, 0.2) is 30.3 Å². The van der Waals surface area contributed by atoms with Crippen LogP contribution in [0.25, 0.3) is 5.69 Å². The lowest BCUT2D eigenvalue weighted by Crippen LogP contribution is -2.20. The molecule has 1 aromatic heterocycles. The number of carbonyl (C=O) groups is 2. The number of esters is 1. The maximum atomic E-state index is 12.7. The molecule has 0 spiro atoms. The fourth-order valence-corrected chi connectivity index (χ4v) is 5.34. The SMILES string of the molecule is Cc1cc(C(=O)COC(=O)CC2CC3CCC2C3)c(C)n1-c1ccc(OC(F)F)cc1. The summed E-state index contributed by atoms with van der Waals surface area (Å²) < 4.78 is 36.2. The number of hydrogen-bond acceptors (Lipinski definition) is 4. The quantitative estimate of drug-likeness (QED) is 0.423. The van der Waals surface area contributed by atoms with E-state index in [1.54, 1.807) is 25.1 Å². The lowest BCUT2D eigenvalue weighted by atomic mass is 9.86. The van der Waals surface area contributed by atoms with E-state index >= 15 is 0 Å². The van der Waals surface area contributed by atoms with Gasteiger partial charge in [0.25, 0.3) is 0 Å². The predicted octanol–water partition coefficient (Wildman–Crippen LogP) is 5.25. The zero-order valence-corrected chi connectivity index (χ0v) is 17.8. The third kappa shape index (κ3) is 4.65. The molecule has 0 N–H and O–H groups in total. The van der Waals surface area contributed by atoms with Crippen LogP contribution >= 0.6 is 0 Å².